The lowest BCUT2D eigenvalue weighted by Gasteiger charge is -2.34. The summed E-state index contributed by atoms with van der Waals surface area (Å²) in [4.78, 5) is 23.5. The van der Waals surface area contributed by atoms with Gasteiger partial charge < -0.3 is 4.90 Å². The zero-order valence-corrected chi connectivity index (χ0v) is 17.2. The monoisotopic (exact) mass is 410 g/mol. The van der Waals surface area contributed by atoms with E-state index in [1.165, 1.54) is 10.5 Å². The number of hydrogen-bond acceptors (Lipinski definition) is 5. The van der Waals surface area contributed by atoms with Crippen LogP contribution in [0.15, 0.2) is 53.6 Å². The van der Waals surface area contributed by atoms with Gasteiger partial charge in [-0.25, -0.2) is 13.4 Å². The van der Waals surface area contributed by atoms with E-state index in [9.17, 15) is 13.2 Å². The summed E-state index contributed by atoms with van der Waals surface area (Å²) in [7, 11) is -3.59. The third-order valence-corrected chi connectivity index (χ3v) is 7.20. The van der Waals surface area contributed by atoms with E-state index in [2.05, 4.69) is 9.97 Å². The van der Waals surface area contributed by atoms with Crippen molar-refractivity contribution in [2.75, 3.05) is 26.2 Å². The molecule has 2 heterocycles. The summed E-state index contributed by atoms with van der Waals surface area (Å²) in [5, 5.41) is 0. The highest BCUT2D eigenvalue weighted by molar-refractivity contribution is 7.89. The number of nitrogens with zero attached hydrogens (tertiary/aromatic N) is 4. The largest absolute Gasteiger partial charge is 0.335 e. The van der Waals surface area contributed by atoms with Crippen LogP contribution in [-0.2, 0) is 10.0 Å². The number of piperazine rings is 1. The normalized spacial score (nSPS) is 15.6. The van der Waals surface area contributed by atoms with E-state index >= 15 is 0 Å². The first-order valence-corrected chi connectivity index (χ1v) is 10.9. The van der Waals surface area contributed by atoms with Gasteiger partial charge in [0.25, 0.3) is 5.91 Å². The van der Waals surface area contributed by atoms with Crippen LogP contribution in [0.25, 0.3) is 11.0 Å². The molecule has 150 valence electrons. The van der Waals surface area contributed by atoms with Gasteiger partial charge in [-0.1, -0.05) is 24.3 Å². The van der Waals surface area contributed by atoms with E-state index in [1.54, 1.807) is 17.9 Å². The topological polar surface area (TPSA) is 83.5 Å². The third kappa shape index (κ3) is 3.73. The quantitative estimate of drug-likeness (QED) is 0.662. The Morgan fingerprint density at radius 2 is 1.66 bits per heavy atom. The van der Waals surface area contributed by atoms with Gasteiger partial charge in [0.2, 0.25) is 10.0 Å². The van der Waals surface area contributed by atoms with Gasteiger partial charge in [0.15, 0.2) is 0 Å². The fourth-order valence-corrected chi connectivity index (χ4v) is 5.21. The summed E-state index contributed by atoms with van der Waals surface area (Å²) in [5.41, 5.74) is 3.29. The molecule has 7 nitrogen and oxygen atoms in total. The van der Waals surface area contributed by atoms with Gasteiger partial charge in [-0.3, -0.25) is 9.78 Å². The Balaban J connectivity index is 1.49. The fraction of sp³-hybridized carbons (Fsp3) is 0.286. The van der Waals surface area contributed by atoms with Crippen molar-refractivity contribution in [2.24, 2.45) is 0 Å². The van der Waals surface area contributed by atoms with E-state index < -0.39 is 10.0 Å². The minimum atomic E-state index is -3.59. The molecule has 1 aromatic heterocycles. The van der Waals surface area contributed by atoms with Crippen LogP contribution < -0.4 is 0 Å². The second kappa shape index (κ2) is 7.53. The molecule has 4 rings (SSSR count). The Kier molecular flexibility index (Phi) is 5.06. The number of aromatic nitrogens is 2. The van der Waals surface area contributed by atoms with Gasteiger partial charge in [-0.05, 0) is 43.2 Å². The molecule has 1 fully saturated rings. The summed E-state index contributed by atoms with van der Waals surface area (Å²) in [5.74, 6) is -0.230. The average molecular weight is 410 g/mol. The van der Waals surface area contributed by atoms with Crippen LogP contribution in [0.5, 0.6) is 0 Å². The molecule has 0 bridgehead atoms. The lowest BCUT2D eigenvalue weighted by atomic mass is 10.2. The van der Waals surface area contributed by atoms with Crippen molar-refractivity contribution in [3.05, 3.63) is 65.5 Å². The maximum absolute atomic E-state index is 13.1. The average Bonchev–Trinajstić information content (AvgIpc) is 2.74. The molecule has 1 aliphatic rings. The van der Waals surface area contributed by atoms with Crippen molar-refractivity contribution in [1.29, 1.82) is 0 Å². The number of amides is 1. The molecular formula is C21H22N4O3S. The zero-order valence-electron chi connectivity index (χ0n) is 16.4. The van der Waals surface area contributed by atoms with Crippen LogP contribution >= 0.6 is 0 Å². The number of aryl methyl sites for hydroxylation is 2. The number of benzene rings is 2. The van der Waals surface area contributed by atoms with Crippen molar-refractivity contribution in [1.82, 2.24) is 19.2 Å². The zero-order chi connectivity index (χ0) is 20.6. The molecule has 8 heteroatoms. The Labute approximate surface area is 170 Å². The highest BCUT2D eigenvalue weighted by Crippen LogP contribution is 2.23. The predicted molar refractivity (Wildman–Crippen MR) is 110 cm³/mol. The van der Waals surface area contributed by atoms with Gasteiger partial charge in [0.1, 0.15) is 5.69 Å². The third-order valence-electron chi connectivity index (χ3n) is 5.15. The number of fused-ring (bicyclic) bond motifs is 1. The molecule has 2 aromatic carbocycles. The number of carbonyl (C=O) groups is 1. The molecule has 1 aliphatic heterocycles. The maximum atomic E-state index is 13.1. The van der Waals surface area contributed by atoms with Gasteiger partial charge in [0, 0.05) is 26.2 Å². The van der Waals surface area contributed by atoms with Crippen molar-refractivity contribution in [3.8, 4) is 0 Å². The van der Waals surface area contributed by atoms with Crippen LogP contribution in [0, 0.1) is 13.8 Å². The van der Waals surface area contributed by atoms with Crippen LogP contribution in [0.4, 0.5) is 0 Å². The Morgan fingerprint density at radius 3 is 2.38 bits per heavy atom. The lowest BCUT2D eigenvalue weighted by molar-refractivity contribution is 0.0692. The smallest absolute Gasteiger partial charge is 0.274 e. The van der Waals surface area contributed by atoms with E-state index in [1.807, 2.05) is 43.3 Å². The van der Waals surface area contributed by atoms with Crippen LogP contribution in [-0.4, -0.2) is 59.7 Å². The van der Waals surface area contributed by atoms with Crippen LogP contribution in [0.3, 0.4) is 0 Å². The highest BCUT2D eigenvalue weighted by atomic mass is 32.2. The molecule has 0 saturated carbocycles. The first-order valence-electron chi connectivity index (χ1n) is 9.45. The molecule has 0 unspecified atom stereocenters. The molecule has 1 saturated heterocycles. The van der Waals surface area contributed by atoms with Crippen molar-refractivity contribution >= 4 is 27.0 Å². The van der Waals surface area contributed by atoms with Crippen molar-refractivity contribution in [2.45, 2.75) is 18.7 Å². The molecule has 3 aromatic rings. The summed E-state index contributed by atoms with van der Waals surface area (Å²) >= 11 is 0. The molecular weight excluding hydrogens is 388 g/mol. The van der Waals surface area contributed by atoms with Gasteiger partial charge in [0.05, 0.1) is 22.1 Å². The van der Waals surface area contributed by atoms with Gasteiger partial charge in [-0.15, -0.1) is 0 Å². The number of carbonyl (C=O) groups excluding carboxylic acids is 1. The molecule has 0 atom stereocenters. The molecule has 0 aliphatic carbocycles. The minimum Gasteiger partial charge on any atom is -0.335 e. The van der Waals surface area contributed by atoms with E-state index in [-0.39, 0.29) is 24.7 Å². The first kappa shape index (κ1) is 19.5. The van der Waals surface area contributed by atoms with Gasteiger partial charge >= 0.3 is 0 Å². The van der Waals surface area contributed by atoms with E-state index in [4.69, 9.17) is 0 Å². The minimum absolute atomic E-state index is 0.230. The number of hydrogen-bond donors (Lipinski definition) is 0. The molecule has 1 amide bonds. The van der Waals surface area contributed by atoms with Crippen LogP contribution in [0.2, 0.25) is 0 Å². The standard InChI is InChI=1S/C21H22N4O3S/c1-15-7-8-16(2)20(13-15)29(27,28)25-11-9-24(10-12-25)21(26)19-14-22-17-5-3-4-6-18(17)23-19/h3-8,13-14H,9-12H2,1-2H3. The summed E-state index contributed by atoms with van der Waals surface area (Å²) in [6.45, 7) is 4.81. The highest BCUT2D eigenvalue weighted by Gasteiger charge is 2.31. The maximum Gasteiger partial charge on any atom is 0.274 e. The summed E-state index contributed by atoms with van der Waals surface area (Å²) in [6, 6.07) is 12.8. The SMILES string of the molecule is Cc1ccc(C)c(S(=O)(=O)N2CCN(C(=O)c3cnc4ccccc4n3)CC2)c1. The Morgan fingerprint density at radius 1 is 0.966 bits per heavy atom. The van der Waals surface area contributed by atoms with Crippen molar-refractivity contribution < 1.29 is 13.2 Å². The Bertz CT molecular complexity index is 1190. The van der Waals surface area contributed by atoms with E-state index in [0.29, 0.717) is 23.5 Å². The number of rotatable bonds is 3. The number of sulfonamides is 1. The molecule has 29 heavy (non-hydrogen) atoms. The lowest BCUT2D eigenvalue weighted by Crippen LogP contribution is -2.50. The number of para-hydroxylation sites is 2. The molecule has 0 N–H and O–H groups in total. The summed E-state index contributed by atoms with van der Waals surface area (Å²) < 4.78 is 27.6. The van der Waals surface area contributed by atoms with E-state index in [0.717, 1.165) is 16.6 Å². The van der Waals surface area contributed by atoms with Gasteiger partial charge in [-0.2, -0.15) is 4.31 Å². The summed E-state index contributed by atoms with van der Waals surface area (Å²) in [6.07, 6.45) is 1.48. The van der Waals surface area contributed by atoms with Crippen molar-refractivity contribution in [3.63, 3.8) is 0 Å². The predicted octanol–water partition coefficient (Wildman–Crippen LogP) is 2.39. The Hall–Kier alpha value is -2.84. The van der Waals surface area contributed by atoms with Crippen LogP contribution in [0.1, 0.15) is 21.6 Å². The second-order valence-corrected chi connectivity index (χ2v) is 9.12. The first-order chi connectivity index (χ1) is 13.9. The second-order valence-electron chi connectivity index (χ2n) is 7.21. The fourth-order valence-electron chi connectivity index (χ4n) is 3.48. The molecule has 0 spiro atoms. The molecule has 0 radical (unpaired) electrons.